The van der Waals surface area contributed by atoms with Crippen LogP contribution in [0.1, 0.15) is 16.7 Å². The third-order valence-corrected chi connectivity index (χ3v) is 6.26. The monoisotopic (exact) mass is 371 g/mol. The third kappa shape index (κ3) is 2.67. The summed E-state index contributed by atoms with van der Waals surface area (Å²) < 4.78 is 10.9. The van der Waals surface area contributed by atoms with Crippen molar-refractivity contribution in [2.75, 3.05) is 33.0 Å². The summed E-state index contributed by atoms with van der Waals surface area (Å²) in [6.45, 7) is 5.66. The highest BCUT2D eigenvalue weighted by atomic mass is 16.7. The van der Waals surface area contributed by atoms with E-state index >= 15 is 0 Å². The van der Waals surface area contributed by atoms with Crippen molar-refractivity contribution in [3.63, 3.8) is 0 Å². The van der Waals surface area contributed by atoms with E-state index in [0.717, 1.165) is 50.6 Å². The maximum absolute atomic E-state index is 5.52. The van der Waals surface area contributed by atoms with Crippen molar-refractivity contribution in [3.8, 4) is 11.5 Å². The van der Waals surface area contributed by atoms with Crippen LogP contribution in [0, 0.1) is 6.04 Å². The highest BCUT2D eigenvalue weighted by Gasteiger charge is 2.32. The van der Waals surface area contributed by atoms with Gasteiger partial charge in [0.2, 0.25) is 6.79 Å². The molecule has 1 radical (unpaired) electrons. The second-order valence-corrected chi connectivity index (χ2v) is 7.90. The summed E-state index contributed by atoms with van der Waals surface area (Å²) in [5, 5.41) is 2.83. The van der Waals surface area contributed by atoms with E-state index in [4.69, 9.17) is 9.47 Å². The Morgan fingerprint density at radius 3 is 2.54 bits per heavy atom. The van der Waals surface area contributed by atoms with Crippen LogP contribution in [0.15, 0.2) is 54.6 Å². The fourth-order valence-electron chi connectivity index (χ4n) is 4.84. The zero-order valence-electron chi connectivity index (χ0n) is 15.9. The van der Waals surface area contributed by atoms with Gasteiger partial charge in [0.15, 0.2) is 11.5 Å². The van der Waals surface area contributed by atoms with Gasteiger partial charge in [0, 0.05) is 32.7 Å². The van der Waals surface area contributed by atoms with Crippen molar-refractivity contribution >= 4 is 10.8 Å². The number of hydrogen-bond donors (Lipinski definition) is 0. The van der Waals surface area contributed by atoms with Crippen LogP contribution in [-0.4, -0.2) is 42.8 Å². The Kier molecular flexibility index (Phi) is 3.81. The molecule has 0 bridgehead atoms. The van der Waals surface area contributed by atoms with E-state index in [1.807, 2.05) is 6.07 Å². The van der Waals surface area contributed by atoms with E-state index in [1.54, 1.807) is 0 Å². The second kappa shape index (κ2) is 6.50. The summed E-state index contributed by atoms with van der Waals surface area (Å²) in [6.07, 6.45) is 1.07. The molecule has 0 aromatic heterocycles. The maximum Gasteiger partial charge on any atom is 0.231 e. The Morgan fingerprint density at radius 1 is 0.821 bits per heavy atom. The van der Waals surface area contributed by atoms with Crippen molar-refractivity contribution < 1.29 is 9.47 Å². The van der Waals surface area contributed by atoms with Crippen LogP contribution in [0.2, 0.25) is 0 Å². The number of nitrogens with zero attached hydrogens (tertiary/aromatic N) is 2. The molecule has 28 heavy (non-hydrogen) atoms. The molecule has 1 fully saturated rings. The Balaban J connectivity index is 1.14. The molecule has 1 saturated heterocycles. The minimum absolute atomic E-state index is 0.339. The lowest BCUT2D eigenvalue weighted by atomic mass is 10.0. The first-order chi connectivity index (χ1) is 13.8. The lowest BCUT2D eigenvalue weighted by Crippen LogP contribution is -2.47. The normalized spacial score (nSPS) is 19.6. The molecule has 0 unspecified atom stereocenters. The predicted molar refractivity (Wildman–Crippen MR) is 109 cm³/mol. The predicted octanol–water partition coefficient (Wildman–Crippen LogP) is 3.82. The van der Waals surface area contributed by atoms with Crippen molar-refractivity contribution in [2.45, 2.75) is 13.0 Å². The molecule has 0 N–H and O–H groups in total. The first kappa shape index (κ1) is 16.4. The number of rotatable bonds is 3. The summed E-state index contributed by atoms with van der Waals surface area (Å²) >= 11 is 0. The fourth-order valence-corrected chi connectivity index (χ4v) is 4.84. The average molecular weight is 371 g/mol. The molecule has 0 spiro atoms. The molecule has 4 nitrogen and oxygen atoms in total. The molecule has 3 aliphatic rings. The van der Waals surface area contributed by atoms with E-state index < -0.39 is 0 Å². The molecular formula is C24H23N2O2. The van der Waals surface area contributed by atoms with Crippen LogP contribution in [0.3, 0.4) is 0 Å². The van der Waals surface area contributed by atoms with Crippen LogP contribution in [0.4, 0.5) is 0 Å². The minimum Gasteiger partial charge on any atom is -0.454 e. The topological polar surface area (TPSA) is 24.9 Å². The lowest BCUT2D eigenvalue weighted by molar-refractivity contribution is 0.136. The molecule has 0 amide bonds. The number of ether oxygens (including phenoxy) is 2. The highest BCUT2D eigenvalue weighted by molar-refractivity contribution is 5.93. The van der Waals surface area contributed by atoms with Gasteiger partial charge in [-0.3, -0.25) is 9.80 Å². The standard InChI is InChI=1S/C24H23N2O2/c1-3-18-4-2-6-20-21(14-19(5-1)24(18)20)26-11-9-25(10-12-26)15-17-7-8-22-23(13-17)28-16-27-22/h1-8,13H,9-12,14-16H2. The SMILES string of the molecule is c1cc2c3c(cccc3c1)[C](N1CCN(Cc3ccc4c(c3)OCO4)CC1)C2. The highest BCUT2D eigenvalue weighted by Crippen LogP contribution is 2.40. The van der Waals surface area contributed by atoms with E-state index in [-0.39, 0.29) is 0 Å². The Labute approximate surface area is 165 Å². The van der Waals surface area contributed by atoms with Gasteiger partial charge in [0.25, 0.3) is 0 Å². The molecule has 2 aliphatic heterocycles. The molecule has 3 aromatic rings. The van der Waals surface area contributed by atoms with E-state index in [1.165, 1.54) is 33.5 Å². The average Bonchev–Trinajstić information content (AvgIpc) is 3.35. The molecule has 4 heteroatoms. The molecule has 0 saturated carbocycles. The van der Waals surface area contributed by atoms with E-state index in [2.05, 4.69) is 58.3 Å². The van der Waals surface area contributed by atoms with Crippen LogP contribution >= 0.6 is 0 Å². The van der Waals surface area contributed by atoms with Gasteiger partial charge in [0.05, 0.1) is 6.04 Å². The zero-order valence-corrected chi connectivity index (χ0v) is 15.9. The van der Waals surface area contributed by atoms with Crippen molar-refractivity contribution in [1.29, 1.82) is 0 Å². The van der Waals surface area contributed by atoms with Gasteiger partial charge >= 0.3 is 0 Å². The quantitative estimate of drug-likeness (QED) is 0.699. The van der Waals surface area contributed by atoms with Crippen LogP contribution in [0.5, 0.6) is 11.5 Å². The summed E-state index contributed by atoms with van der Waals surface area (Å²) in [7, 11) is 0. The molecular weight excluding hydrogens is 348 g/mol. The van der Waals surface area contributed by atoms with Gasteiger partial charge in [-0.2, -0.15) is 0 Å². The molecule has 3 aromatic carbocycles. The van der Waals surface area contributed by atoms with Crippen molar-refractivity contribution in [3.05, 3.63) is 77.3 Å². The van der Waals surface area contributed by atoms with Gasteiger partial charge in [-0.15, -0.1) is 0 Å². The largest absolute Gasteiger partial charge is 0.454 e. The molecule has 1 aliphatic carbocycles. The summed E-state index contributed by atoms with van der Waals surface area (Å²) in [5.41, 5.74) is 4.21. The van der Waals surface area contributed by atoms with Crippen molar-refractivity contribution in [1.82, 2.24) is 9.80 Å². The van der Waals surface area contributed by atoms with Gasteiger partial charge < -0.3 is 9.47 Å². The van der Waals surface area contributed by atoms with Gasteiger partial charge in [0.1, 0.15) is 0 Å². The molecule has 141 valence electrons. The first-order valence-corrected chi connectivity index (χ1v) is 10.1. The fraction of sp³-hybridized carbons (Fsp3) is 0.292. The summed E-state index contributed by atoms with van der Waals surface area (Å²) in [5.74, 6) is 1.74. The van der Waals surface area contributed by atoms with Crippen molar-refractivity contribution in [2.24, 2.45) is 0 Å². The minimum atomic E-state index is 0.339. The molecule has 6 rings (SSSR count). The Hall–Kier alpha value is -2.56. The number of hydrogen-bond acceptors (Lipinski definition) is 4. The summed E-state index contributed by atoms with van der Waals surface area (Å²) in [6, 6.07) is 21.2. The number of fused-ring (bicyclic) bond motifs is 1. The van der Waals surface area contributed by atoms with Gasteiger partial charge in [-0.25, -0.2) is 0 Å². The van der Waals surface area contributed by atoms with E-state index in [0.29, 0.717) is 6.79 Å². The second-order valence-electron chi connectivity index (χ2n) is 7.90. The lowest BCUT2D eigenvalue weighted by Gasteiger charge is -2.38. The zero-order chi connectivity index (χ0) is 18.5. The van der Waals surface area contributed by atoms with Crippen LogP contribution in [0.25, 0.3) is 10.8 Å². The van der Waals surface area contributed by atoms with Gasteiger partial charge in [-0.05, 0) is 46.0 Å². The Morgan fingerprint density at radius 2 is 1.64 bits per heavy atom. The third-order valence-electron chi connectivity index (χ3n) is 6.26. The van der Waals surface area contributed by atoms with Crippen LogP contribution in [-0.2, 0) is 13.0 Å². The maximum atomic E-state index is 5.52. The van der Waals surface area contributed by atoms with Gasteiger partial charge in [-0.1, -0.05) is 42.5 Å². The molecule has 0 atom stereocenters. The number of piperazine rings is 1. The van der Waals surface area contributed by atoms with Crippen LogP contribution < -0.4 is 9.47 Å². The Bertz CT molecular complexity index is 1030. The smallest absolute Gasteiger partial charge is 0.231 e. The number of benzene rings is 3. The molecule has 2 heterocycles. The van der Waals surface area contributed by atoms with E-state index in [9.17, 15) is 0 Å². The summed E-state index contributed by atoms with van der Waals surface area (Å²) in [4.78, 5) is 5.14. The first-order valence-electron chi connectivity index (χ1n) is 10.1.